The Hall–Kier alpha value is -3.32. The first-order valence-corrected chi connectivity index (χ1v) is 10.4. The van der Waals surface area contributed by atoms with Crippen LogP contribution in [-0.2, 0) is 4.79 Å². The van der Waals surface area contributed by atoms with Crippen molar-refractivity contribution in [2.24, 2.45) is 0 Å². The van der Waals surface area contributed by atoms with Crippen molar-refractivity contribution in [2.75, 3.05) is 13.2 Å². The normalized spacial score (nSPS) is 11.5. The minimum Gasteiger partial charge on any atom is -0.491 e. The summed E-state index contributed by atoms with van der Waals surface area (Å²) in [6.07, 6.45) is 0. The third-order valence-corrected chi connectivity index (χ3v) is 5.47. The van der Waals surface area contributed by atoms with Crippen molar-refractivity contribution in [3.63, 3.8) is 0 Å². The Labute approximate surface area is 179 Å². The lowest BCUT2D eigenvalue weighted by molar-refractivity contribution is -0.384. The van der Waals surface area contributed by atoms with Crippen molar-refractivity contribution in [2.45, 2.75) is 17.1 Å². The van der Waals surface area contributed by atoms with Crippen LogP contribution >= 0.6 is 11.8 Å². The standard InChI is InChI=1S/C23H22N2O4S/c1-17(30-20-13-11-19(12-14-20)25(27)28)23(26)24-15-16-29-22-10-6-5-9-21(22)18-7-3-2-4-8-18/h2-14,17H,15-16H2,1H3,(H,24,26). The van der Waals surface area contributed by atoms with Gasteiger partial charge in [0.25, 0.3) is 5.69 Å². The van der Waals surface area contributed by atoms with E-state index < -0.39 is 4.92 Å². The molecule has 0 fully saturated rings. The average molecular weight is 423 g/mol. The minimum absolute atomic E-state index is 0.0318. The van der Waals surface area contributed by atoms with Crippen molar-refractivity contribution in [3.8, 4) is 16.9 Å². The quantitative estimate of drug-likeness (QED) is 0.229. The molecule has 0 heterocycles. The highest BCUT2D eigenvalue weighted by molar-refractivity contribution is 8.00. The van der Waals surface area contributed by atoms with Gasteiger partial charge in [0.05, 0.1) is 16.7 Å². The largest absolute Gasteiger partial charge is 0.491 e. The molecule has 0 aliphatic carbocycles. The number of nitrogens with one attached hydrogen (secondary N) is 1. The van der Waals surface area contributed by atoms with Gasteiger partial charge in [-0.2, -0.15) is 0 Å². The predicted octanol–water partition coefficient (Wildman–Crippen LogP) is 4.94. The summed E-state index contributed by atoms with van der Waals surface area (Å²) in [5.74, 6) is 0.657. The van der Waals surface area contributed by atoms with E-state index in [4.69, 9.17) is 4.74 Å². The molecule has 1 N–H and O–H groups in total. The van der Waals surface area contributed by atoms with E-state index in [-0.39, 0.29) is 16.8 Å². The van der Waals surface area contributed by atoms with Crippen LogP contribution in [0.15, 0.2) is 83.8 Å². The van der Waals surface area contributed by atoms with Gasteiger partial charge in [0.15, 0.2) is 0 Å². The molecule has 3 rings (SSSR count). The molecule has 0 spiro atoms. The second kappa shape index (κ2) is 10.5. The summed E-state index contributed by atoms with van der Waals surface area (Å²) in [5, 5.41) is 13.3. The van der Waals surface area contributed by atoms with Crippen molar-refractivity contribution in [1.29, 1.82) is 0 Å². The second-order valence-corrected chi connectivity index (χ2v) is 7.93. The van der Waals surface area contributed by atoms with Gasteiger partial charge in [0.1, 0.15) is 12.4 Å². The highest BCUT2D eigenvalue weighted by Gasteiger charge is 2.15. The van der Waals surface area contributed by atoms with Crippen LogP contribution in [0, 0.1) is 10.1 Å². The number of nitro benzene ring substituents is 1. The Bertz CT molecular complexity index is 994. The molecule has 0 radical (unpaired) electrons. The Morgan fingerprint density at radius 2 is 1.70 bits per heavy atom. The van der Waals surface area contributed by atoms with Crippen LogP contribution in [-0.4, -0.2) is 29.2 Å². The molecule has 0 aliphatic heterocycles. The number of nitro groups is 1. The Balaban J connectivity index is 1.47. The van der Waals surface area contributed by atoms with Crippen LogP contribution < -0.4 is 10.1 Å². The van der Waals surface area contributed by atoms with Crippen molar-refractivity contribution in [1.82, 2.24) is 5.32 Å². The van der Waals surface area contributed by atoms with Crippen molar-refractivity contribution < 1.29 is 14.5 Å². The first-order chi connectivity index (χ1) is 14.5. The first-order valence-electron chi connectivity index (χ1n) is 9.50. The summed E-state index contributed by atoms with van der Waals surface area (Å²) in [6, 6.07) is 24.0. The van der Waals surface area contributed by atoms with Gasteiger partial charge in [-0.15, -0.1) is 11.8 Å². The number of carbonyl (C=O) groups excluding carboxylic acids is 1. The molecule has 1 unspecified atom stereocenters. The molecule has 0 saturated carbocycles. The van der Waals surface area contributed by atoms with E-state index in [9.17, 15) is 14.9 Å². The van der Waals surface area contributed by atoms with Crippen LogP contribution in [0.1, 0.15) is 6.92 Å². The third kappa shape index (κ3) is 5.84. The number of benzene rings is 3. The maximum absolute atomic E-state index is 12.3. The lowest BCUT2D eigenvalue weighted by Gasteiger charge is -2.14. The van der Waals surface area contributed by atoms with Crippen LogP contribution in [0.25, 0.3) is 11.1 Å². The zero-order valence-corrected chi connectivity index (χ0v) is 17.3. The average Bonchev–Trinajstić information content (AvgIpc) is 2.77. The number of para-hydroxylation sites is 1. The molecule has 154 valence electrons. The molecule has 1 amide bonds. The number of thioether (sulfide) groups is 1. The maximum atomic E-state index is 12.3. The summed E-state index contributed by atoms with van der Waals surface area (Å²) in [7, 11) is 0. The molecule has 0 bridgehead atoms. The zero-order valence-electron chi connectivity index (χ0n) is 16.5. The third-order valence-electron chi connectivity index (χ3n) is 4.36. The molecule has 0 saturated heterocycles. The molecule has 7 heteroatoms. The topological polar surface area (TPSA) is 81.5 Å². The van der Waals surface area contributed by atoms with Crippen LogP contribution in [0.2, 0.25) is 0 Å². The molecule has 0 aromatic heterocycles. The van der Waals surface area contributed by atoms with Crippen molar-refractivity contribution >= 4 is 23.4 Å². The van der Waals surface area contributed by atoms with Crippen LogP contribution in [0.3, 0.4) is 0 Å². The monoisotopic (exact) mass is 422 g/mol. The Morgan fingerprint density at radius 3 is 2.40 bits per heavy atom. The number of hydrogen-bond donors (Lipinski definition) is 1. The SMILES string of the molecule is CC(Sc1ccc([N+](=O)[O-])cc1)C(=O)NCCOc1ccccc1-c1ccccc1. The molecule has 1 atom stereocenters. The Kier molecular flexibility index (Phi) is 7.45. The Morgan fingerprint density at radius 1 is 1.03 bits per heavy atom. The predicted molar refractivity (Wildman–Crippen MR) is 119 cm³/mol. The van der Waals surface area contributed by atoms with Gasteiger partial charge in [0, 0.05) is 22.6 Å². The summed E-state index contributed by atoms with van der Waals surface area (Å²) in [5.41, 5.74) is 2.11. The lowest BCUT2D eigenvalue weighted by Crippen LogP contribution is -2.34. The zero-order chi connectivity index (χ0) is 21.3. The molecule has 30 heavy (non-hydrogen) atoms. The molecule has 3 aromatic carbocycles. The number of ether oxygens (including phenoxy) is 1. The van der Waals surface area contributed by atoms with Gasteiger partial charge in [-0.1, -0.05) is 48.5 Å². The molecule has 6 nitrogen and oxygen atoms in total. The fraction of sp³-hybridized carbons (Fsp3) is 0.174. The van der Waals surface area contributed by atoms with E-state index >= 15 is 0 Å². The summed E-state index contributed by atoms with van der Waals surface area (Å²) in [4.78, 5) is 23.4. The van der Waals surface area contributed by atoms with Crippen LogP contribution in [0.5, 0.6) is 5.75 Å². The van der Waals surface area contributed by atoms with Crippen molar-refractivity contribution in [3.05, 3.63) is 89.0 Å². The van der Waals surface area contributed by atoms with Gasteiger partial charge in [-0.25, -0.2) is 0 Å². The fourth-order valence-corrected chi connectivity index (χ4v) is 3.72. The van der Waals surface area contributed by atoms with Gasteiger partial charge in [0.2, 0.25) is 5.91 Å². The van der Waals surface area contributed by atoms with Crippen LogP contribution in [0.4, 0.5) is 5.69 Å². The van der Waals surface area contributed by atoms with E-state index in [0.717, 1.165) is 21.8 Å². The molecular weight excluding hydrogens is 400 g/mol. The van der Waals surface area contributed by atoms with E-state index in [0.29, 0.717) is 13.2 Å². The number of non-ortho nitro benzene ring substituents is 1. The van der Waals surface area contributed by atoms with Gasteiger partial charge in [-0.05, 0) is 30.7 Å². The maximum Gasteiger partial charge on any atom is 0.269 e. The molecule has 3 aromatic rings. The van der Waals surface area contributed by atoms with Gasteiger partial charge < -0.3 is 10.1 Å². The van der Waals surface area contributed by atoms with E-state index in [1.165, 1.54) is 23.9 Å². The van der Waals surface area contributed by atoms with Gasteiger partial charge >= 0.3 is 0 Å². The number of nitrogens with zero attached hydrogens (tertiary/aromatic N) is 1. The first kappa shape index (κ1) is 21.4. The van der Waals surface area contributed by atoms with Gasteiger partial charge in [-0.3, -0.25) is 14.9 Å². The lowest BCUT2D eigenvalue weighted by atomic mass is 10.1. The molecule has 0 aliphatic rings. The fourth-order valence-electron chi connectivity index (χ4n) is 2.83. The summed E-state index contributed by atoms with van der Waals surface area (Å²) >= 11 is 1.35. The second-order valence-electron chi connectivity index (χ2n) is 6.51. The molecular formula is C23H22N2O4S. The minimum atomic E-state index is -0.444. The van der Waals surface area contributed by atoms with E-state index in [1.807, 2.05) is 54.6 Å². The summed E-state index contributed by atoms with van der Waals surface area (Å²) in [6.45, 7) is 2.53. The van der Waals surface area contributed by atoms with E-state index in [2.05, 4.69) is 5.32 Å². The number of rotatable bonds is 9. The number of carbonyl (C=O) groups is 1. The smallest absolute Gasteiger partial charge is 0.269 e. The summed E-state index contributed by atoms with van der Waals surface area (Å²) < 4.78 is 5.89. The number of hydrogen-bond acceptors (Lipinski definition) is 5. The highest BCUT2D eigenvalue weighted by atomic mass is 32.2. The van der Waals surface area contributed by atoms with E-state index in [1.54, 1.807) is 19.1 Å². The highest BCUT2D eigenvalue weighted by Crippen LogP contribution is 2.29. The number of amides is 1.